The Morgan fingerprint density at radius 2 is 2.00 bits per heavy atom. The molecule has 118 valence electrons. The van der Waals surface area contributed by atoms with Crippen LogP contribution in [-0.4, -0.2) is 13.2 Å². The van der Waals surface area contributed by atoms with Crippen molar-refractivity contribution in [2.75, 3.05) is 12.4 Å². The van der Waals surface area contributed by atoms with Crippen LogP contribution in [0.4, 0.5) is 5.69 Å². The van der Waals surface area contributed by atoms with Crippen molar-refractivity contribution in [2.24, 2.45) is 5.92 Å². The number of rotatable bonds is 4. The molecule has 0 bridgehead atoms. The minimum atomic E-state index is 0.168. The molecule has 1 aliphatic rings. The van der Waals surface area contributed by atoms with Crippen LogP contribution in [0.3, 0.4) is 0 Å². The van der Waals surface area contributed by atoms with Gasteiger partial charge in [0.15, 0.2) is 0 Å². The van der Waals surface area contributed by atoms with Crippen LogP contribution in [0.15, 0.2) is 18.2 Å². The van der Waals surface area contributed by atoms with Gasteiger partial charge in [0.1, 0.15) is 5.75 Å². The van der Waals surface area contributed by atoms with E-state index in [9.17, 15) is 0 Å². The highest BCUT2D eigenvalue weighted by atomic mass is 16.5. The average molecular weight is 289 g/mol. The summed E-state index contributed by atoms with van der Waals surface area (Å²) in [6, 6.07) is 7.14. The molecule has 1 aromatic carbocycles. The van der Waals surface area contributed by atoms with E-state index in [1.165, 1.54) is 37.7 Å². The van der Waals surface area contributed by atoms with Crippen molar-refractivity contribution in [1.82, 2.24) is 0 Å². The molecule has 0 heterocycles. The summed E-state index contributed by atoms with van der Waals surface area (Å²) < 4.78 is 5.55. The SMILES string of the molecule is CCC1CCCC(Nc2cc(C(C)(C)C)ccc2OC)C1. The van der Waals surface area contributed by atoms with Crippen LogP contribution in [-0.2, 0) is 5.41 Å². The van der Waals surface area contributed by atoms with Gasteiger partial charge < -0.3 is 10.1 Å². The highest BCUT2D eigenvalue weighted by Gasteiger charge is 2.22. The number of nitrogens with one attached hydrogen (secondary N) is 1. The molecular weight excluding hydrogens is 258 g/mol. The molecule has 2 atom stereocenters. The summed E-state index contributed by atoms with van der Waals surface area (Å²) in [5.41, 5.74) is 2.68. The monoisotopic (exact) mass is 289 g/mol. The quantitative estimate of drug-likeness (QED) is 0.804. The second-order valence-corrected chi connectivity index (χ2v) is 7.45. The minimum absolute atomic E-state index is 0.168. The maximum Gasteiger partial charge on any atom is 0.141 e. The van der Waals surface area contributed by atoms with E-state index in [1.54, 1.807) is 7.11 Å². The first-order valence-corrected chi connectivity index (χ1v) is 8.39. The molecule has 0 aliphatic heterocycles. The first-order chi connectivity index (χ1) is 9.94. The fourth-order valence-electron chi connectivity index (χ4n) is 3.30. The van der Waals surface area contributed by atoms with Gasteiger partial charge in [-0.25, -0.2) is 0 Å². The standard InChI is InChI=1S/C19H31NO/c1-6-14-8-7-9-16(12-14)20-17-13-15(19(2,3)4)10-11-18(17)21-5/h10-11,13-14,16,20H,6-9,12H2,1-5H3. The summed E-state index contributed by atoms with van der Waals surface area (Å²) in [5.74, 6) is 1.84. The minimum Gasteiger partial charge on any atom is -0.495 e. The van der Waals surface area contributed by atoms with Gasteiger partial charge in [-0.15, -0.1) is 0 Å². The van der Waals surface area contributed by atoms with E-state index in [4.69, 9.17) is 4.74 Å². The van der Waals surface area contributed by atoms with Gasteiger partial charge in [-0.05, 0) is 41.9 Å². The highest BCUT2D eigenvalue weighted by molar-refractivity contribution is 5.59. The van der Waals surface area contributed by atoms with E-state index in [1.807, 2.05) is 0 Å². The molecule has 0 spiro atoms. The Labute approximate surface area is 130 Å². The predicted octanol–water partition coefficient (Wildman–Crippen LogP) is 5.37. The molecule has 0 radical (unpaired) electrons. The van der Waals surface area contributed by atoms with E-state index in [0.717, 1.165) is 17.4 Å². The van der Waals surface area contributed by atoms with E-state index < -0.39 is 0 Å². The third-order valence-electron chi connectivity index (χ3n) is 4.79. The average Bonchev–Trinajstić information content (AvgIpc) is 2.46. The number of hydrogen-bond acceptors (Lipinski definition) is 2. The van der Waals surface area contributed by atoms with E-state index in [2.05, 4.69) is 51.2 Å². The lowest BCUT2D eigenvalue weighted by Crippen LogP contribution is -2.27. The molecule has 2 heteroatoms. The van der Waals surface area contributed by atoms with Crippen LogP contribution >= 0.6 is 0 Å². The smallest absolute Gasteiger partial charge is 0.141 e. The van der Waals surface area contributed by atoms with Crippen molar-refractivity contribution in [1.29, 1.82) is 0 Å². The first kappa shape index (κ1) is 16.2. The molecule has 2 nitrogen and oxygen atoms in total. The summed E-state index contributed by atoms with van der Waals surface area (Å²) >= 11 is 0. The predicted molar refractivity (Wildman–Crippen MR) is 91.4 cm³/mol. The molecule has 0 aromatic heterocycles. The van der Waals surface area contributed by atoms with Gasteiger partial charge >= 0.3 is 0 Å². The zero-order chi connectivity index (χ0) is 15.5. The maximum atomic E-state index is 5.55. The Morgan fingerprint density at radius 1 is 1.24 bits per heavy atom. The highest BCUT2D eigenvalue weighted by Crippen LogP contribution is 2.34. The second-order valence-electron chi connectivity index (χ2n) is 7.45. The van der Waals surface area contributed by atoms with E-state index in [-0.39, 0.29) is 5.41 Å². The number of ether oxygens (including phenoxy) is 1. The lowest BCUT2D eigenvalue weighted by molar-refractivity contribution is 0.326. The lowest BCUT2D eigenvalue weighted by Gasteiger charge is -2.31. The van der Waals surface area contributed by atoms with Gasteiger partial charge in [0, 0.05) is 6.04 Å². The fourth-order valence-corrected chi connectivity index (χ4v) is 3.30. The van der Waals surface area contributed by atoms with Gasteiger partial charge in [0.25, 0.3) is 0 Å². The molecule has 2 rings (SSSR count). The summed E-state index contributed by atoms with van der Waals surface area (Å²) in [4.78, 5) is 0. The largest absolute Gasteiger partial charge is 0.495 e. The van der Waals surface area contributed by atoms with Crippen molar-refractivity contribution in [2.45, 2.75) is 71.3 Å². The van der Waals surface area contributed by atoms with Gasteiger partial charge in [0.05, 0.1) is 12.8 Å². The summed E-state index contributed by atoms with van der Waals surface area (Å²) in [6.45, 7) is 9.08. The van der Waals surface area contributed by atoms with Crippen molar-refractivity contribution in [3.05, 3.63) is 23.8 Å². The molecule has 21 heavy (non-hydrogen) atoms. The van der Waals surface area contributed by atoms with Crippen LogP contribution in [0.5, 0.6) is 5.75 Å². The van der Waals surface area contributed by atoms with Crippen LogP contribution in [0, 0.1) is 5.92 Å². The fraction of sp³-hybridized carbons (Fsp3) is 0.684. The van der Waals surface area contributed by atoms with Crippen molar-refractivity contribution < 1.29 is 4.74 Å². The van der Waals surface area contributed by atoms with Crippen molar-refractivity contribution in [3.63, 3.8) is 0 Å². The molecule has 1 saturated carbocycles. The lowest BCUT2D eigenvalue weighted by atomic mass is 9.83. The molecule has 1 aliphatic carbocycles. The Bertz CT molecular complexity index is 461. The summed E-state index contributed by atoms with van der Waals surface area (Å²) in [5, 5.41) is 3.75. The third-order valence-corrected chi connectivity index (χ3v) is 4.79. The first-order valence-electron chi connectivity index (χ1n) is 8.39. The topological polar surface area (TPSA) is 21.3 Å². The van der Waals surface area contributed by atoms with Crippen LogP contribution in [0.2, 0.25) is 0 Å². The number of methoxy groups -OCH3 is 1. The molecule has 2 unspecified atom stereocenters. The Morgan fingerprint density at radius 3 is 2.62 bits per heavy atom. The molecule has 0 saturated heterocycles. The third kappa shape index (κ3) is 4.15. The number of benzene rings is 1. The van der Waals surface area contributed by atoms with E-state index in [0.29, 0.717) is 6.04 Å². The molecule has 1 fully saturated rings. The van der Waals surface area contributed by atoms with Gasteiger partial charge in [-0.2, -0.15) is 0 Å². The zero-order valence-electron chi connectivity index (χ0n) is 14.3. The number of hydrogen-bond donors (Lipinski definition) is 1. The molecule has 1 N–H and O–H groups in total. The molecular formula is C19H31NO. The Hall–Kier alpha value is -1.18. The summed E-state index contributed by atoms with van der Waals surface area (Å²) in [6.07, 6.45) is 6.61. The van der Waals surface area contributed by atoms with E-state index >= 15 is 0 Å². The molecule has 1 aromatic rings. The Balaban J connectivity index is 2.17. The second kappa shape index (κ2) is 6.72. The van der Waals surface area contributed by atoms with Crippen LogP contribution in [0.1, 0.15) is 65.4 Å². The van der Waals surface area contributed by atoms with Crippen LogP contribution in [0.25, 0.3) is 0 Å². The zero-order valence-corrected chi connectivity index (χ0v) is 14.3. The van der Waals surface area contributed by atoms with Crippen molar-refractivity contribution >= 4 is 5.69 Å². The normalized spacial score (nSPS) is 22.9. The number of anilines is 1. The maximum absolute atomic E-state index is 5.55. The van der Waals surface area contributed by atoms with Gasteiger partial charge in [-0.1, -0.05) is 53.0 Å². The van der Waals surface area contributed by atoms with Crippen molar-refractivity contribution in [3.8, 4) is 5.75 Å². The Kier molecular flexibility index (Phi) is 5.18. The van der Waals surface area contributed by atoms with Crippen LogP contribution < -0.4 is 10.1 Å². The summed E-state index contributed by atoms with van der Waals surface area (Å²) in [7, 11) is 1.76. The molecule has 0 amide bonds. The van der Waals surface area contributed by atoms with Gasteiger partial charge in [-0.3, -0.25) is 0 Å². The van der Waals surface area contributed by atoms with Gasteiger partial charge in [0.2, 0.25) is 0 Å².